The van der Waals surface area contributed by atoms with Crippen LogP contribution >= 0.6 is 30.3 Å². The molecule has 9 atom stereocenters. The lowest BCUT2D eigenvalue weighted by Crippen LogP contribution is -2.59. The first-order valence-corrected chi connectivity index (χ1v) is 42.0. The van der Waals surface area contributed by atoms with Crippen molar-refractivity contribution in [2.75, 3.05) is 38.8 Å². The Labute approximate surface area is 680 Å². The van der Waals surface area contributed by atoms with Crippen molar-refractivity contribution in [3.63, 3.8) is 0 Å². The number of urea groups is 2. The number of nitrogens with one attached hydrogen (secondary N) is 6. The van der Waals surface area contributed by atoms with Gasteiger partial charge in [0.15, 0.2) is 18.1 Å². The molecule has 0 radical (unpaired) electrons. The number of hydrogen-bond acceptors (Lipinski definition) is 20. The second-order valence-corrected chi connectivity index (χ2v) is 33.1. The van der Waals surface area contributed by atoms with E-state index in [2.05, 4.69) is 70.7 Å². The lowest BCUT2D eigenvalue weighted by Gasteiger charge is -2.37. The molecule has 115 heavy (non-hydrogen) atoms. The van der Waals surface area contributed by atoms with Gasteiger partial charge in [0.05, 0.1) is 70.9 Å². The smallest absolute Gasteiger partial charge is 0.407 e. The number of ether oxygens (including phenoxy) is 3. The molecule has 0 aliphatic carbocycles. The molecule has 10 rings (SSSR count). The summed E-state index contributed by atoms with van der Waals surface area (Å²) in [5, 5.41) is 44.2. The van der Waals surface area contributed by atoms with Crippen LogP contribution in [0.25, 0.3) is 11.2 Å². The van der Waals surface area contributed by atoms with Gasteiger partial charge in [0, 0.05) is 49.7 Å². The van der Waals surface area contributed by atoms with Gasteiger partial charge in [0.1, 0.15) is 42.6 Å². The number of para-hydroxylation sites is 1. The number of aliphatic hydroxyl groups excluding tert-OH is 2. The number of alkyl carbamates (subject to hydrolysis) is 1. The molecule has 1 aliphatic rings. The Hall–Kier alpha value is -10.2. The average molecular weight is 1640 g/mol. The van der Waals surface area contributed by atoms with Gasteiger partial charge >= 0.3 is 25.8 Å². The normalized spacial score (nSPS) is 14.5. The van der Waals surface area contributed by atoms with E-state index in [0.717, 1.165) is 55.4 Å². The van der Waals surface area contributed by atoms with E-state index in [1.54, 1.807) is 46.5 Å². The number of carbonyl (C=O) groups excluding carboxylic acids is 6. The molecule has 9 aromatic rings. The minimum absolute atomic E-state index is 0.0671. The maximum Gasteiger partial charge on any atom is 0.407 e. The van der Waals surface area contributed by atoms with E-state index in [0.29, 0.717) is 74.7 Å². The molecule has 618 valence electrons. The number of amides is 8. The number of imidazole rings is 1. The topological polar surface area (TPSA) is 402 Å². The van der Waals surface area contributed by atoms with Gasteiger partial charge in [-0.2, -0.15) is 0 Å². The van der Waals surface area contributed by atoms with Crippen LogP contribution in [0.4, 0.5) is 20.2 Å². The Bertz CT molecular complexity index is 4530. The number of benzene rings is 5. The highest BCUT2D eigenvalue weighted by Gasteiger charge is 2.37. The summed E-state index contributed by atoms with van der Waals surface area (Å²) in [6, 6.07) is 40.1. The zero-order chi connectivity index (χ0) is 83.1. The number of rotatable bonds is 37. The average Bonchev–Trinajstić information content (AvgIpc) is 1.74. The lowest BCUT2D eigenvalue weighted by atomic mass is 9.92. The van der Waals surface area contributed by atoms with Crippen molar-refractivity contribution >= 4 is 83.1 Å². The minimum Gasteiger partial charge on any atom is -0.483 e. The van der Waals surface area contributed by atoms with Crippen LogP contribution in [0.1, 0.15) is 123 Å². The number of aromatic nitrogens is 6. The van der Waals surface area contributed by atoms with E-state index in [1.807, 2.05) is 186 Å². The maximum atomic E-state index is 13.9. The molecule has 1 fully saturated rings. The first-order chi connectivity index (χ1) is 55.0. The summed E-state index contributed by atoms with van der Waals surface area (Å²) < 4.78 is 28.8. The number of thiazole rings is 2. The second kappa shape index (κ2) is 45.2. The number of fused-ring (bicyclic) bond motifs is 1. The van der Waals surface area contributed by atoms with Gasteiger partial charge in [-0.05, 0) is 111 Å². The quantitative estimate of drug-likeness (QED) is 0.0161. The molecule has 29 nitrogen and oxygen atoms in total. The van der Waals surface area contributed by atoms with Gasteiger partial charge in [-0.1, -0.05) is 181 Å². The SMILES string of the molecule is CC(C)c1nc(CN(C)C(=O)N[C@H](C(=O)N[C@@H](Cc2ccccc2)C[C@H](O)[C@H](Cc2ccccc2)NC(=O)OCc2cncs2)C(C)C)cs1.C[C@H](Cn1cnc2c(N)ncnc21)OCP(=O)(O)O.Cc1cccc(C)c1OCC(=O)N[C@@H](Cc1ccccc1)[C@@H](O)C[C@H](Cc1ccccc1)NC(=O)[C@H](C(C)C)N1CCCNC1=O. The molecule has 4 aromatic heterocycles. The molecule has 0 bridgehead atoms. The highest BCUT2D eigenvalue weighted by molar-refractivity contribution is 7.51. The van der Waals surface area contributed by atoms with Crippen molar-refractivity contribution in [1.29, 1.82) is 0 Å². The monoisotopic (exact) mass is 1640 g/mol. The Morgan fingerprint density at radius 3 is 1.76 bits per heavy atom. The standard InChI is InChI=1S/C37H48N6O5S2.C37H48N4O5.C9H14N5O4P/c1-24(2)33(42-36(46)43(5)20-29-22-49-35(40-29)25(3)4)34(45)39-28(16-26-12-8-6-9-13-26)18-32(44)31(17-27-14-10-7-11-15-27)41-37(47)48-21-30-19-38-23-50-30;1-25(2)34(41-20-12-19-38-37(41)45)36(44)39-30(21-28-15-7-5-8-16-28)23-32(42)31(22-29-17-9-6-10-18-29)40-33(43)24-46-35-26(3)13-11-14-27(35)4;1-6(18-5-19(15,16)17)2-14-4-13-7-8(10)11-3-12-9(7)14/h6-15,19,22-25,28,31-33,44H,16-18,20-21H2,1-5H3,(H,39,45)(H,41,47)(H,42,46);5-11,13-18,25,30-32,34,42H,12,19-24H2,1-4H3,(H,38,45)(H,39,44)(H,40,43);3-4,6H,2,5H2,1H3,(H2,10,11,12)(H2,15,16,17)/t28-,31-,32-,33-;30-,31-,32-,34-;6-/m001/s1. The third kappa shape index (κ3) is 29.8. The molecule has 32 heteroatoms. The lowest BCUT2D eigenvalue weighted by molar-refractivity contribution is -0.128. The highest BCUT2D eigenvalue weighted by atomic mass is 32.1. The third-order valence-electron chi connectivity index (χ3n) is 19.0. The Balaban J connectivity index is 0.000000235. The summed E-state index contributed by atoms with van der Waals surface area (Å²) in [4.78, 5) is 122. The van der Waals surface area contributed by atoms with E-state index in [4.69, 9.17) is 29.7 Å². The number of nitrogen functional groups attached to an aromatic ring is 1. The maximum absolute atomic E-state index is 13.9. The molecule has 0 saturated carbocycles. The van der Waals surface area contributed by atoms with E-state index in [1.165, 1.54) is 28.9 Å². The fourth-order valence-corrected chi connectivity index (χ4v) is 14.9. The Morgan fingerprint density at radius 2 is 1.24 bits per heavy atom. The Morgan fingerprint density at radius 1 is 0.687 bits per heavy atom. The summed E-state index contributed by atoms with van der Waals surface area (Å²) in [6.07, 6.45) is 3.52. The van der Waals surface area contributed by atoms with Gasteiger partial charge in [0.25, 0.3) is 5.91 Å². The fourth-order valence-electron chi connectivity index (χ4n) is 13.1. The minimum atomic E-state index is -4.16. The number of aryl methyl sites for hydroxylation is 2. The zero-order valence-corrected chi connectivity index (χ0v) is 69.3. The number of anilines is 1. The fraction of sp³-hybridized carbons (Fsp3) is 0.434. The molecule has 1 saturated heterocycles. The van der Waals surface area contributed by atoms with Crippen LogP contribution in [-0.4, -0.2) is 183 Å². The van der Waals surface area contributed by atoms with Crippen molar-refractivity contribution in [3.8, 4) is 5.75 Å². The van der Waals surface area contributed by atoms with Gasteiger partial charge in [-0.3, -0.25) is 23.9 Å². The number of carbonyl (C=O) groups is 6. The summed E-state index contributed by atoms with van der Waals surface area (Å²) in [6.45, 7) is 19.0. The largest absolute Gasteiger partial charge is 0.483 e. The first-order valence-electron chi connectivity index (χ1n) is 38.5. The van der Waals surface area contributed by atoms with Gasteiger partial charge in [-0.25, -0.2) is 34.3 Å². The summed E-state index contributed by atoms with van der Waals surface area (Å²) in [5.74, 6) is -0.0413. The van der Waals surface area contributed by atoms with E-state index in [-0.39, 0.29) is 73.5 Å². The number of aliphatic hydroxyl groups is 2. The van der Waals surface area contributed by atoms with Crippen molar-refractivity contribution in [2.24, 2.45) is 11.8 Å². The molecule has 5 heterocycles. The van der Waals surface area contributed by atoms with Crippen LogP contribution in [0.15, 0.2) is 169 Å². The number of nitrogens with zero attached hydrogens (tertiary/aromatic N) is 8. The van der Waals surface area contributed by atoms with E-state index in [9.17, 15) is 43.5 Å². The van der Waals surface area contributed by atoms with Gasteiger partial charge < -0.3 is 86.2 Å². The first kappa shape index (κ1) is 90.3. The summed E-state index contributed by atoms with van der Waals surface area (Å²) >= 11 is 2.95. The molecule has 0 unspecified atom stereocenters. The predicted molar refractivity (Wildman–Crippen MR) is 444 cm³/mol. The number of nitrogens with two attached hydrogens (primary N) is 1. The summed E-state index contributed by atoms with van der Waals surface area (Å²) in [5.41, 5.74) is 14.9. The molecule has 12 N–H and O–H groups in total. The van der Waals surface area contributed by atoms with E-state index < -0.39 is 74.6 Å². The van der Waals surface area contributed by atoms with Crippen molar-refractivity contribution in [1.82, 2.24) is 71.2 Å². The van der Waals surface area contributed by atoms with Gasteiger partial charge in [-0.15, -0.1) is 22.7 Å². The molecule has 8 amide bonds. The van der Waals surface area contributed by atoms with Crippen LogP contribution in [0, 0.1) is 25.7 Å². The van der Waals surface area contributed by atoms with E-state index >= 15 is 0 Å². The van der Waals surface area contributed by atoms with Crippen molar-refractivity contribution < 1.29 is 67.5 Å². The van der Waals surface area contributed by atoms with Crippen LogP contribution < -0.4 is 42.4 Å². The van der Waals surface area contributed by atoms with Crippen LogP contribution in [-0.2, 0) is 73.8 Å². The highest BCUT2D eigenvalue weighted by Crippen LogP contribution is 2.35. The van der Waals surface area contributed by atoms with Crippen molar-refractivity contribution in [3.05, 3.63) is 218 Å². The van der Waals surface area contributed by atoms with Crippen LogP contribution in [0.3, 0.4) is 0 Å². The molecule has 1 aliphatic heterocycles. The third-order valence-corrected chi connectivity index (χ3v) is 21.4. The number of hydrogen-bond donors (Lipinski definition) is 11. The zero-order valence-electron chi connectivity index (χ0n) is 66.8. The molecule has 0 spiro atoms. The second-order valence-electron chi connectivity index (χ2n) is 29.7. The predicted octanol–water partition coefficient (Wildman–Crippen LogP) is 10.2. The summed E-state index contributed by atoms with van der Waals surface area (Å²) in [7, 11) is -2.48. The van der Waals surface area contributed by atoms with Crippen LogP contribution in [0.5, 0.6) is 5.75 Å². The molecular weight excluding hydrogens is 1530 g/mol. The molecular formula is C83H110N15O14PS2. The molecule has 5 aromatic carbocycles. The van der Waals surface area contributed by atoms with Gasteiger partial charge in [0.2, 0.25) is 11.8 Å². The Kier molecular flexibility index (Phi) is 35.5. The van der Waals surface area contributed by atoms with Crippen molar-refractivity contribution in [2.45, 2.75) is 187 Å². The van der Waals surface area contributed by atoms with Crippen LogP contribution in [0.2, 0.25) is 0 Å².